The summed E-state index contributed by atoms with van der Waals surface area (Å²) in [7, 11) is 1.46. The first kappa shape index (κ1) is 27.4. The minimum Gasteiger partial charge on any atom is -0.454 e. The molecule has 1 aromatic carbocycles. The average Bonchev–Trinajstić information content (AvgIpc) is 3.33. The van der Waals surface area contributed by atoms with Gasteiger partial charge in [0.2, 0.25) is 5.82 Å². The highest BCUT2D eigenvalue weighted by Crippen LogP contribution is 2.37. The number of aromatic nitrogens is 3. The Morgan fingerprint density at radius 2 is 2.05 bits per heavy atom. The second-order valence-corrected chi connectivity index (χ2v) is 8.66. The molecular weight excluding hydrogens is 539 g/mol. The number of anilines is 1. The van der Waals surface area contributed by atoms with Crippen LogP contribution in [0.3, 0.4) is 0 Å². The second kappa shape index (κ2) is 10.6. The lowest BCUT2D eigenvalue weighted by Gasteiger charge is -2.21. The fourth-order valence-electron chi connectivity index (χ4n) is 3.90. The first-order chi connectivity index (χ1) is 18.4. The second-order valence-electron chi connectivity index (χ2n) is 8.27. The first-order valence-corrected chi connectivity index (χ1v) is 11.6. The summed E-state index contributed by atoms with van der Waals surface area (Å²) in [4.78, 5) is 35.4. The number of aliphatic imine (C=N–C) groups is 1. The lowest BCUT2D eigenvalue weighted by Crippen LogP contribution is -2.17. The molecule has 0 saturated carbocycles. The highest BCUT2D eigenvalue weighted by Gasteiger charge is 2.33. The van der Waals surface area contributed by atoms with Gasteiger partial charge in [-0.2, -0.15) is 13.2 Å². The smallest absolute Gasteiger partial charge is 0.439 e. The van der Waals surface area contributed by atoms with Crippen LogP contribution in [0.2, 0.25) is 5.15 Å². The largest absolute Gasteiger partial charge is 0.454 e. The van der Waals surface area contributed by atoms with E-state index in [1.165, 1.54) is 38.3 Å². The molecule has 0 saturated heterocycles. The Morgan fingerprint density at radius 3 is 2.67 bits per heavy atom. The Balaban J connectivity index is 1.95. The van der Waals surface area contributed by atoms with Gasteiger partial charge in [-0.25, -0.2) is 9.78 Å². The van der Waals surface area contributed by atoms with E-state index in [2.05, 4.69) is 35.9 Å². The van der Waals surface area contributed by atoms with E-state index < -0.39 is 29.0 Å². The molecule has 1 unspecified atom stereocenters. The van der Waals surface area contributed by atoms with Crippen molar-refractivity contribution < 1.29 is 22.1 Å². The van der Waals surface area contributed by atoms with E-state index in [4.69, 9.17) is 22.4 Å². The van der Waals surface area contributed by atoms with Gasteiger partial charge in [0.05, 0.1) is 22.7 Å². The Morgan fingerprint density at radius 1 is 1.31 bits per heavy atom. The van der Waals surface area contributed by atoms with E-state index in [0.29, 0.717) is 0 Å². The van der Waals surface area contributed by atoms with Crippen LogP contribution in [0.1, 0.15) is 35.4 Å². The summed E-state index contributed by atoms with van der Waals surface area (Å²) in [5.41, 5.74) is -1.13. The van der Waals surface area contributed by atoms with Crippen LogP contribution in [0.4, 0.5) is 18.9 Å². The molecule has 0 amide bonds. The van der Waals surface area contributed by atoms with Gasteiger partial charge in [-0.15, -0.1) is 6.42 Å². The molecule has 2 N–H and O–H groups in total. The van der Waals surface area contributed by atoms with Gasteiger partial charge in [0.1, 0.15) is 22.1 Å². The van der Waals surface area contributed by atoms with E-state index in [-0.39, 0.29) is 55.9 Å². The van der Waals surface area contributed by atoms with Gasteiger partial charge in [0.15, 0.2) is 11.2 Å². The molecule has 9 nitrogen and oxygen atoms in total. The SMILES string of the molecule is C#C/C=C\C(=N/C)c1oc2c(C(C)Nc3ccc(Cl)nc3-c3noc(=O)[nH]3)cc(C(F)(F)F)cc2c(=O)c1C. The maximum Gasteiger partial charge on any atom is 0.439 e. The third kappa shape index (κ3) is 5.49. The Labute approximate surface area is 223 Å². The van der Waals surface area contributed by atoms with Crippen LogP contribution in [0.5, 0.6) is 0 Å². The minimum absolute atomic E-state index is 0.0177. The van der Waals surface area contributed by atoms with Gasteiger partial charge in [-0.05, 0) is 50.3 Å². The van der Waals surface area contributed by atoms with Crippen molar-refractivity contribution in [1.82, 2.24) is 15.1 Å². The molecule has 13 heteroatoms. The maximum absolute atomic E-state index is 13.9. The van der Waals surface area contributed by atoms with Crippen molar-refractivity contribution in [3.63, 3.8) is 0 Å². The topological polar surface area (TPSA) is 126 Å². The number of aromatic amines is 1. The van der Waals surface area contributed by atoms with Crippen LogP contribution in [0.25, 0.3) is 22.5 Å². The van der Waals surface area contributed by atoms with Crippen LogP contribution in [0.15, 0.2) is 59.9 Å². The number of pyridine rings is 1. The van der Waals surface area contributed by atoms with Crippen molar-refractivity contribution in [2.75, 3.05) is 12.4 Å². The molecule has 0 spiro atoms. The summed E-state index contributed by atoms with van der Waals surface area (Å²) in [6, 6.07) is 3.69. The molecule has 3 heterocycles. The maximum atomic E-state index is 13.9. The third-order valence-electron chi connectivity index (χ3n) is 5.75. The van der Waals surface area contributed by atoms with Crippen molar-refractivity contribution in [2.24, 2.45) is 4.99 Å². The molecule has 39 heavy (non-hydrogen) atoms. The number of fused-ring (bicyclic) bond motifs is 1. The molecule has 0 aliphatic rings. The normalized spacial score (nSPS) is 13.1. The molecule has 1 atom stereocenters. The number of nitrogens with zero attached hydrogens (tertiary/aromatic N) is 3. The highest BCUT2D eigenvalue weighted by atomic mass is 35.5. The number of allylic oxidation sites excluding steroid dienone is 2. The molecule has 0 aliphatic heterocycles. The summed E-state index contributed by atoms with van der Waals surface area (Å²) in [5, 5.41) is 6.44. The Kier molecular flexibility index (Phi) is 7.47. The lowest BCUT2D eigenvalue weighted by molar-refractivity contribution is -0.137. The zero-order valence-electron chi connectivity index (χ0n) is 20.6. The molecule has 4 rings (SSSR count). The first-order valence-electron chi connectivity index (χ1n) is 11.2. The Hall–Kier alpha value is -4.63. The molecule has 0 aliphatic carbocycles. The number of halogens is 4. The number of terminal acetylenes is 1. The summed E-state index contributed by atoms with van der Waals surface area (Å²) in [6.07, 6.45) is 3.34. The zero-order chi connectivity index (χ0) is 28.5. The van der Waals surface area contributed by atoms with Crippen molar-refractivity contribution in [3.8, 4) is 23.9 Å². The van der Waals surface area contributed by atoms with Gasteiger partial charge < -0.3 is 9.73 Å². The Bertz CT molecular complexity index is 1790. The van der Waals surface area contributed by atoms with Gasteiger partial charge in [0, 0.05) is 18.2 Å². The van der Waals surface area contributed by atoms with E-state index >= 15 is 0 Å². The van der Waals surface area contributed by atoms with Crippen LogP contribution in [0, 0.1) is 19.3 Å². The number of hydrogen-bond donors (Lipinski definition) is 2. The molecule has 200 valence electrons. The standard InChI is InChI=1S/C26H19ClF3N5O4/c1-5-6-7-18(31-4)22-12(2)21(36)16-11-14(26(28,29)30)10-15(23(16)38-22)13(3)32-17-8-9-19(27)33-20(17)24-34-25(37)39-35-24/h1,6-11,13,32H,2-4H3,(H,34,35,37)/b7-6-,31-18+. The zero-order valence-corrected chi connectivity index (χ0v) is 21.4. The fraction of sp³-hybridized carbons (Fsp3) is 0.192. The number of rotatable bonds is 6. The van der Waals surface area contributed by atoms with E-state index in [1.807, 2.05) is 0 Å². The predicted molar refractivity (Wildman–Crippen MR) is 140 cm³/mol. The molecule has 3 aromatic heterocycles. The molecule has 0 radical (unpaired) electrons. The molecular formula is C26H19ClF3N5O4. The average molecular weight is 558 g/mol. The monoisotopic (exact) mass is 557 g/mol. The van der Waals surface area contributed by atoms with Gasteiger partial charge in [0.25, 0.3) is 0 Å². The highest BCUT2D eigenvalue weighted by molar-refractivity contribution is 6.29. The van der Waals surface area contributed by atoms with Crippen molar-refractivity contribution in [3.05, 3.63) is 84.8 Å². The van der Waals surface area contributed by atoms with Gasteiger partial charge in [-0.3, -0.25) is 19.3 Å². The minimum atomic E-state index is -4.75. The number of alkyl halides is 3. The van der Waals surface area contributed by atoms with E-state index in [0.717, 1.165) is 12.1 Å². The summed E-state index contributed by atoms with van der Waals surface area (Å²) >= 11 is 6.01. The number of hydrogen-bond acceptors (Lipinski definition) is 8. The van der Waals surface area contributed by atoms with Crippen molar-refractivity contribution in [2.45, 2.75) is 26.1 Å². The predicted octanol–water partition coefficient (Wildman–Crippen LogP) is 5.29. The third-order valence-corrected chi connectivity index (χ3v) is 5.96. The molecule has 4 aromatic rings. The van der Waals surface area contributed by atoms with Gasteiger partial charge in [-0.1, -0.05) is 22.7 Å². The van der Waals surface area contributed by atoms with Crippen molar-refractivity contribution in [1.29, 1.82) is 0 Å². The number of nitrogens with one attached hydrogen (secondary N) is 2. The fourth-order valence-corrected chi connectivity index (χ4v) is 4.05. The summed E-state index contributed by atoms with van der Waals surface area (Å²) < 4.78 is 52.2. The summed E-state index contributed by atoms with van der Waals surface area (Å²) in [5.74, 6) is 1.48. The van der Waals surface area contributed by atoms with Gasteiger partial charge >= 0.3 is 11.9 Å². The van der Waals surface area contributed by atoms with Crippen LogP contribution >= 0.6 is 11.6 Å². The molecule has 0 bridgehead atoms. The van der Waals surface area contributed by atoms with Crippen LogP contribution in [-0.2, 0) is 6.18 Å². The van der Waals surface area contributed by atoms with Crippen molar-refractivity contribution >= 4 is 34.0 Å². The van der Waals surface area contributed by atoms with E-state index in [1.54, 1.807) is 6.92 Å². The van der Waals surface area contributed by atoms with Crippen LogP contribution in [-0.4, -0.2) is 27.9 Å². The quantitative estimate of drug-likeness (QED) is 0.187. The molecule has 0 fully saturated rings. The van der Waals surface area contributed by atoms with E-state index in [9.17, 15) is 22.8 Å². The number of benzene rings is 1. The lowest BCUT2D eigenvalue weighted by atomic mass is 9.98. The number of H-pyrrole nitrogens is 1. The summed E-state index contributed by atoms with van der Waals surface area (Å²) in [6.45, 7) is 2.99. The van der Waals surface area contributed by atoms with Crippen LogP contribution < -0.4 is 16.5 Å².